The number of rotatable bonds is 5. The number of nitrogens with one attached hydrogen (secondary N) is 1. The predicted molar refractivity (Wildman–Crippen MR) is 79.8 cm³/mol. The molecule has 7 nitrogen and oxygen atoms in total. The SMILES string of the molecule is O=C(NO)c1cc(OCc2ccc(-c3cccnc3)cc2)no1. The molecule has 0 aliphatic heterocycles. The summed E-state index contributed by atoms with van der Waals surface area (Å²) < 4.78 is 10.2. The van der Waals surface area contributed by atoms with E-state index >= 15 is 0 Å². The zero-order chi connectivity index (χ0) is 16.1. The van der Waals surface area contributed by atoms with Crippen molar-refractivity contribution < 1.29 is 19.3 Å². The average Bonchev–Trinajstić information content (AvgIpc) is 3.09. The fourth-order valence-electron chi connectivity index (χ4n) is 1.97. The van der Waals surface area contributed by atoms with Gasteiger partial charge in [-0.15, -0.1) is 0 Å². The Kier molecular flexibility index (Phi) is 4.30. The third-order valence-electron chi connectivity index (χ3n) is 3.15. The molecule has 2 aromatic heterocycles. The van der Waals surface area contributed by atoms with E-state index in [4.69, 9.17) is 14.5 Å². The topological polar surface area (TPSA) is 97.5 Å². The molecule has 0 saturated heterocycles. The maximum atomic E-state index is 11.1. The van der Waals surface area contributed by atoms with E-state index in [1.807, 2.05) is 36.4 Å². The van der Waals surface area contributed by atoms with Gasteiger partial charge in [-0.05, 0) is 27.9 Å². The maximum Gasteiger partial charge on any atom is 0.313 e. The summed E-state index contributed by atoms with van der Waals surface area (Å²) in [4.78, 5) is 15.2. The molecule has 1 aromatic carbocycles. The van der Waals surface area contributed by atoms with E-state index in [0.29, 0.717) is 0 Å². The van der Waals surface area contributed by atoms with Gasteiger partial charge in [0, 0.05) is 12.4 Å². The van der Waals surface area contributed by atoms with E-state index in [1.165, 1.54) is 11.5 Å². The van der Waals surface area contributed by atoms with E-state index < -0.39 is 5.91 Å². The quantitative estimate of drug-likeness (QED) is 0.555. The first kappa shape index (κ1) is 14.7. The summed E-state index contributed by atoms with van der Waals surface area (Å²) in [5.74, 6) is -0.748. The number of carbonyl (C=O) groups excluding carboxylic acids is 1. The van der Waals surface area contributed by atoms with Crippen molar-refractivity contribution in [2.45, 2.75) is 6.61 Å². The number of aromatic nitrogens is 2. The first-order chi connectivity index (χ1) is 11.3. The number of carbonyl (C=O) groups is 1. The summed E-state index contributed by atoms with van der Waals surface area (Å²) in [7, 11) is 0. The van der Waals surface area contributed by atoms with Gasteiger partial charge in [0.2, 0.25) is 5.76 Å². The molecule has 0 radical (unpaired) electrons. The maximum absolute atomic E-state index is 11.1. The number of hydrogen-bond donors (Lipinski definition) is 2. The molecule has 0 spiro atoms. The van der Waals surface area contributed by atoms with Crippen LogP contribution in [0.2, 0.25) is 0 Å². The number of benzene rings is 1. The van der Waals surface area contributed by atoms with Crippen molar-refractivity contribution in [2.75, 3.05) is 0 Å². The molecule has 0 saturated carbocycles. The van der Waals surface area contributed by atoms with Crippen LogP contribution in [-0.4, -0.2) is 21.3 Å². The lowest BCUT2D eigenvalue weighted by Gasteiger charge is -2.04. The second-order valence-electron chi connectivity index (χ2n) is 4.70. The number of pyridine rings is 1. The van der Waals surface area contributed by atoms with Crippen LogP contribution in [0, 0.1) is 0 Å². The van der Waals surface area contributed by atoms with Gasteiger partial charge in [-0.2, -0.15) is 0 Å². The van der Waals surface area contributed by atoms with Crippen LogP contribution < -0.4 is 10.2 Å². The summed E-state index contributed by atoms with van der Waals surface area (Å²) in [6.45, 7) is 0.278. The fourth-order valence-corrected chi connectivity index (χ4v) is 1.97. The monoisotopic (exact) mass is 311 g/mol. The smallest absolute Gasteiger partial charge is 0.313 e. The lowest BCUT2D eigenvalue weighted by Crippen LogP contribution is -2.17. The highest BCUT2D eigenvalue weighted by atomic mass is 16.5. The fraction of sp³-hybridized carbons (Fsp3) is 0.0625. The van der Waals surface area contributed by atoms with Crippen molar-refractivity contribution >= 4 is 5.91 Å². The molecule has 1 amide bonds. The first-order valence-corrected chi connectivity index (χ1v) is 6.79. The third-order valence-corrected chi connectivity index (χ3v) is 3.15. The van der Waals surface area contributed by atoms with Crippen LogP contribution in [0.25, 0.3) is 11.1 Å². The number of hydroxylamine groups is 1. The lowest BCUT2D eigenvalue weighted by atomic mass is 10.1. The van der Waals surface area contributed by atoms with Gasteiger partial charge < -0.3 is 9.26 Å². The van der Waals surface area contributed by atoms with Crippen molar-refractivity contribution in [3.63, 3.8) is 0 Å². The Balaban J connectivity index is 1.63. The molecule has 23 heavy (non-hydrogen) atoms. The van der Waals surface area contributed by atoms with E-state index in [-0.39, 0.29) is 18.2 Å². The normalized spacial score (nSPS) is 10.3. The van der Waals surface area contributed by atoms with Crippen LogP contribution in [0.15, 0.2) is 59.4 Å². The Morgan fingerprint density at radius 1 is 1.22 bits per heavy atom. The van der Waals surface area contributed by atoms with Gasteiger partial charge in [0.15, 0.2) is 0 Å². The van der Waals surface area contributed by atoms with Crippen LogP contribution in [0.1, 0.15) is 16.1 Å². The van der Waals surface area contributed by atoms with Gasteiger partial charge in [-0.1, -0.05) is 30.3 Å². The average molecular weight is 311 g/mol. The number of nitrogens with zero attached hydrogens (tertiary/aromatic N) is 2. The highest BCUT2D eigenvalue weighted by Crippen LogP contribution is 2.19. The Bertz CT molecular complexity index is 785. The second-order valence-corrected chi connectivity index (χ2v) is 4.70. The summed E-state index contributed by atoms with van der Waals surface area (Å²) >= 11 is 0. The van der Waals surface area contributed by atoms with Gasteiger partial charge in [-0.25, -0.2) is 5.48 Å². The highest BCUT2D eigenvalue weighted by Gasteiger charge is 2.12. The van der Waals surface area contributed by atoms with Crippen LogP contribution >= 0.6 is 0 Å². The van der Waals surface area contributed by atoms with Crippen molar-refractivity contribution in [1.82, 2.24) is 15.6 Å². The van der Waals surface area contributed by atoms with Gasteiger partial charge in [0.05, 0.1) is 6.07 Å². The molecular formula is C16H13N3O4. The molecule has 7 heteroatoms. The molecule has 0 aliphatic rings. The van der Waals surface area contributed by atoms with E-state index in [0.717, 1.165) is 16.7 Å². The van der Waals surface area contributed by atoms with Crippen molar-refractivity contribution in [3.05, 3.63) is 66.2 Å². The summed E-state index contributed by atoms with van der Waals surface area (Å²) in [6, 6.07) is 13.0. The van der Waals surface area contributed by atoms with Gasteiger partial charge in [0.25, 0.3) is 5.88 Å². The molecular weight excluding hydrogens is 298 g/mol. The van der Waals surface area contributed by atoms with E-state index in [2.05, 4.69) is 10.1 Å². The van der Waals surface area contributed by atoms with Crippen molar-refractivity contribution in [2.24, 2.45) is 0 Å². The zero-order valence-electron chi connectivity index (χ0n) is 12.0. The highest BCUT2D eigenvalue weighted by molar-refractivity contribution is 5.90. The minimum absolute atomic E-state index is 0.130. The lowest BCUT2D eigenvalue weighted by molar-refractivity contribution is 0.0666. The minimum Gasteiger partial charge on any atom is -0.471 e. The van der Waals surface area contributed by atoms with Crippen LogP contribution in [0.4, 0.5) is 0 Å². The Hall–Kier alpha value is -3.19. The molecule has 0 bridgehead atoms. The molecule has 3 aromatic rings. The zero-order valence-corrected chi connectivity index (χ0v) is 12.0. The van der Waals surface area contributed by atoms with Crippen LogP contribution in [-0.2, 0) is 6.61 Å². The van der Waals surface area contributed by atoms with Crippen LogP contribution in [0.5, 0.6) is 5.88 Å². The van der Waals surface area contributed by atoms with Gasteiger partial charge in [0.1, 0.15) is 6.61 Å². The number of hydrogen-bond acceptors (Lipinski definition) is 6. The summed E-state index contributed by atoms with van der Waals surface area (Å²) in [5.41, 5.74) is 4.49. The van der Waals surface area contributed by atoms with Crippen LogP contribution in [0.3, 0.4) is 0 Å². The predicted octanol–water partition coefficient (Wildman–Crippen LogP) is 2.43. The molecule has 3 rings (SSSR count). The van der Waals surface area contributed by atoms with Gasteiger partial charge in [-0.3, -0.25) is 15.0 Å². The van der Waals surface area contributed by atoms with Gasteiger partial charge >= 0.3 is 5.91 Å². The summed E-state index contributed by atoms with van der Waals surface area (Å²) in [6.07, 6.45) is 3.53. The third kappa shape index (κ3) is 3.53. The molecule has 116 valence electrons. The number of amides is 1. The van der Waals surface area contributed by atoms with Crippen molar-refractivity contribution in [1.29, 1.82) is 0 Å². The van der Waals surface area contributed by atoms with Crippen molar-refractivity contribution in [3.8, 4) is 17.0 Å². The van der Waals surface area contributed by atoms with E-state index in [1.54, 1.807) is 12.4 Å². The first-order valence-electron chi connectivity index (χ1n) is 6.79. The molecule has 0 fully saturated rings. The molecule has 0 unspecified atom stereocenters. The molecule has 0 aliphatic carbocycles. The Morgan fingerprint density at radius 3 is 2.74 bits per heavy atom. The summed E-state index contributed by atoms with van der Waals surface area (Å²) in [5, 5.41) is 12.1. The standard InChI is InChI=1S/C16H13N3O4/c20-16(18-21)14-8-15(19-23-14)22-10-11-3-5-12(6-4-11)13-2-1-7-17-9-13/h1-9,21H,10H2,(H,18,20). The number of ether oxygens (including phenoxy) is 1. The Labute approximate surface area is 131 Å². The second kappa shape index (κ2) is 6.71. The Morgan fingerprint density at radius 2 is 2.04 bits per heavy atom. The van der Waals surface area contributed by atoms with E-state index in [9.17, 15) is 4.79 Å². The minimum atomic E-state index is -0.784. The molecule has 0 atom stereocenters. The molecule has 2 N–H and O–H groups in total. The molecule has 2 heterocycles. The largest absolute Gasteiger partial charge is 0.471 e.